The van der Waals surface area contributed by atoms with E-state index in [1.165, 1.54) is 11.8 Å². The summed E-state index contributed by atoms with van der Waals surface area (Å²) in [6.45, 7) is 14.2. The third-order valence-electron chi connectivity index (χ3n) is 10.8. The lowest BCUT2D eigenvalue weighted by Gasteiger charge is -2.35. The monoisotopic (exact) mass is 1060 g/mol. The summed E-state index contributed by atoms with van der Waals surface area (Å²) in [6.07, 6.45) is 6.72. The first-order chi connectivity index (χ1) is 34.4. The first kappa shape index (κ1) is 59.0. The molecule has 0 radical (unpaired) electrons. The van der Waals surface area contributed by atoms with Gasteiger partial charge in [0.25, 0.3) is 5.91 Å². The van der Waals surface area contributed by atoms with Crippen LogP contribution in [0.3, 0.4) is 0 Å². The van der Waals surface area contributed by atoms with Crippen molar-refractivity contribution in [1.82, 2.24) is 36.1 Å². The van der Waals surface area contributed by atoms with E-state index >= 15 is 0 Å². The molecule has 4 rings (SSSR count). The molecule has 24 heteroatoms. The second kappa shape index (κ2) is 34.8. The number of unbranched alkanes of at least 4 members (excludes halogenated alkanes) is 5. The van der Waals surface area contributed by atoms with Gasteiger partial charge in [0.15, 0.2) is 4.99 Å². The zero-order valence-corrected chi connectivity index (χ0v) is 43.8. The molecule has 3 heterocycles. The van der Waals surface area contributed by atoms with Crippen LogP contribution in [-0.4, -0.2) is 175 Å². The van der Waals surface area contributed by atoms with Crippen LogP contribution >= 0.6 is 35.0 Å². The Bertz CT molecular complexity index is 1920. The fourth-order valence-electron chi connectivity index (χ4n) is 6.98. The number of aryl methyl sites for hydroxylation is 2. The smallest absolute Gasteiger partial charge is 0.407 e. The molecule has 0 aliphatic carbocycles. The third-order valence-corrected chi connectivity index (χ3v) is 12.5. The minimum Gasteiger partial charge on any atom is -0.448 e. The van der Waals surface area contributed by atoms with Crippen LogP contribution in [-0.2, 0) is 38.0 Å². The number of rotatable bonds is 35. The summed E-state index contributed by atoms with van der Waals surface area (Å²) in [5, 5.41) is 18.2. The van der Waals surface area contributed by atoms with Crippen molar-refractivity contribution in [3.63, 3.8) is 0 Å². The molecule has 1 fully saturated rings. The van der Waals surface area contributed by atoms with E-state index in [2.05, 4.69) is 46.7 Å². The van der Waals surface area contributed by atoms with E-state index in [0.29, 0.717) is 99.0 Å². The number of hydrogen-bond donors (Lipinski definition) is 6. The minimum absolute atomic E-state index is 0.0974. The predicted octanol–water partition coefficient (Wildman–Crippen LogP) is 5.99. The van der Waals surface area contributed by atoms with Gasteiger partial charge >= 0.3 is 18.3 Å². The van der Waals surface area contributed by atoms with E-state index in [0.717, 1.165) is 82.5 Å². The number of alkyl halides is 1. The summed E-state index contributed by atoms with van der Waals surface area (Å²) in [6, 6.07) is 7.39. The number of halogens is 2. The van der Waals surface area contributed by atoms with Gasteiger partial charge < -0.3 is 70.0 Å². The number of carbonyl (C=O) groups is 4. The maximum Gasteiger partial charge on any atom is 0.407 e. The first-order valence-electron chi connectivity index (χ1n) is 24.4. The number of amides is 4. The highest BCUT2D eigenvalue weighted by atomic mass is 35.5. The number of para-hydroxylation sites is 1. The van der Waals surface area contributed by atoms with Crippen LogP contribution in [0.15, 0.2) is 35.4 Å². The molecule has 1 saturated heterocycles. The van der Waals surface area contributed by atoms with Crippen LogP contribution in [0, 0.1) is 13.8 Å². The molecular formula is C47H74Cl2N10O11S. The zero-order chi connectivity index (χ0) is 50.9. The molecule has 1 aromatic carbocycles. The van der Waals surface area contributed by atoms with Gasteiger partial charge in [0.05, 0.1) is 61.9 Å². The molecule has 0 bridgehead atoms. The molecule has 2 aliphatic rings. The number of nitrogens with one attached hydrogen (secondary N) is 6. The SMILES string of the molecule is Cc1nc(NC2(C)NC=C(C(=O)Nc3c(C)cccc3Cl)S2)cc(N2CCN(CCOC(=O)NCCCCCNC(=O)OCCOCCOCCOC(=O)NCCOCCOCCCCCCCl)CC2)n1. The van der Waals surface area contributed by atoms with Crippen molar-refractivity contribution in [1.29, 1.82) is 0 Å². The zero-order valence-electron chi connectivity index (χ0n) is 41.4. The van der Waals surface area contributed by atoms with Gasteiger partial charge in [-0.1, -0.05) is 48.3 Å². The van der Waals surface area contributed by atoms with Gasteiger partial charge in [0, 0.05) is 77.1 Å². The Balaban J connectivity index is 0.907. The van der Waals surface area contributed by atoms with Crippen molar-refractivity contribution in [3.05, 3.63) is 51.8 Å². The Morgan fingerprint density at radius 2 is 1.28 bits per heavy atom. The number of piperazine rings is 1. The number of anilines is 3. The summed E-state index contributed by atoms with van der Waals surface area (Å²) >= 11 is 13.3. The largest absolute Gasteiger partial charge is 0.448 e. The molecule has 398 valence electrons. The first-order valence-corrected chi connectivity index (χ1v) is 26.1. The van der Waals surface area contributed by atoms with E-state index in [4.69, 9.17) is 61.3 Å². The van der Waals surface area contributed by atoms with E-state index in [-0.39, 0.29) is 38.9 Å². The Morgan fingerprint density at radius 3 is 1.93 bits per heavy atom. The standard InChI is InChI=1S/C47H74Cl2N10O11S/c1-36-12-11-13-38(49)42(36)56-43(60)39-35-53-47(3,71-39)57-40-34-41(55-37(2)54-40)59-20-18-58(19-21-59)22-25-68-44(61)50-15-8-6-9-16-51-45(62)69-32-30-66-28-29-67-31-33-70-46(63)52-17-24-65-27-26-64-23-10-5-4-7-14-48/h11-13,34-35,53H,4-10,14-33H2,1-3H3,(H,50,61)(H,51,62)(H,52,63)(H,56,60)(H,54,55,57). The van der Waals surface area contributed by atoms with Gasteiger partial charge in [-0.05, 0) is 64.5 Å². The van der Waals surface area contributed by atoms with Crippen LogP contribution in [0.25, 0.3) is 0 Å². The Kier molecular flexibility index (Phi) is 28.9. The van der Waals surface area contributed by atoms with Gasteiger partial charge in [0.2, 0.25) is 0 Å². The molecular weight excluding hydrogens is 984 g/mol. The topological polar surface area (TPSA) is 237 Å². The van der Waals surface area contributed by atoms with Gasteiger partial charge in [-0.15, -0.1) is 11.6 Å². The average Bonchev–Trinajstić information content (AvgIpc) is 3.74. The third kappa shape index (κ3) is 25.1. The number of hydrogen-bond acceptors (Lipinski definition) is 18. The molecule has 6 N–H and O–H groups in total. The summed E-state index contributed by atoms with van der Waals surface area (Å²) < 4.78 is 37.3. The minimum atomic E-state index is -0.723. The molecule has 4 amide bonds. The van der Waals surface area contributed by atoms with Crippen molar-refractivity contribution < 1.29 is 52.3 Å². The molecule has 2 aromatic rings. The van der Waals surface area contributed by atoms with E-state index in [1.807, 2.05) is 39.0 Å². The molecule has 0 spiro atoms. The van der Waals surface area contributed by atoms with Crippen LogP contribution in [0.1, 0.15) is 63.3 Å². The number of thioether (sulfide) groups is 1. The molecule has 2 aliphatic heterocycles. The van der Waals surface area contributed by atoms with E-state index in [9.17, 15) is 19.2 Å². The summed E-state index contributed by atoms with van der Waals surface area (Å²) in [4.78, 5) is 62.6. The Morgan fingerprint density at radius 1 is 0.704 bits per heavy atom. The van der Waals surface area contributed by atoms with Gasteiger partial charge in [0.1, 0.15) is 37.3 Å². The van der Waals surface area contributed by atoms with Crippen molar-refractivity contribution in [2.24, 2.45) is 0 Å². The normalized spacial score (nSPS) is 15.6. The summed E-state index contributed by atoms with van der Waals surface area (Å²) in [5.74, 6) is 2.50. The van der Waals surface area contributed by atoms with Crippen LogP contribution < -0.4 is 36.8 Å². The Labute approximate surface area is 432 Å². The summed E-state index contributed by atoms with van der Waals surface area (Å²) in [5.41, 5.74) is 1.47. The fourth-order valence-corrected chi connectivity index (χ4v) is 8.41. The highest BCUT2D eigenvalue weighted by molar-refractivity contribution is 8.05. The lowest BCUT2D eigenvalue weighted by Crippen LogP contribution is -2.48. The number of alkyl carbamates (subject to hydrolysis) is 3. The summed E-state index contributed by atoms with van der Waals surface area (Å²) in [7, 11) is 0. The van der Waals surface area contributed by atoms with Crippen LogP contribution in [0.5, 0.6) is 0 Å². The maximum absolute atomic E-state index is 13.1. The number of nitrogens with zero attached hydrogens (tertiary/aromatic N) is 4. The molecule has 1 aromatic heterocycles. The number of carbonyl (C=O) groups excluding carboxylic acids is 4. The van der Waals surface area contributed by atoms with Gasteiger partial charge in [-0.2, -0.15) is 0 Å². The van der Waals surface area contributed by atoms with Crippen molar-refractivity contribution in [2.45, 2.75) is 70.7 Å². The quantitative estimate of drug-likeness (QED) is 0.0264. The number of ether oxygens (including phenoxy) is 7. The van der Waals surface area contributed by atoms with Crippen molar-refractivity contribution in [2.75, 3.05) is 146 Å². The van der Waals surface area contributed by atoms with Gasteiger partial charge in [-0.25, -0.2) is 24.4 Å². The van der Waals surface area contributed by atoms with E-state index < -0.39 is 23.3 Å². The van der Waals surface area contributed by atoms with E-state index in [1.54, 1.807) is 12.3 Å². The highest BCUT2D eigenvalue weighted by Gasteiger charge is 2.34. The van der Waals surface area contributed by atoms with Crippen LogP contribution in [0.4, 0.5) is 31.7 Å². The molecule has 0 saturated carbocycles. The van der Waals surface area contributed by atoms with Crippen molar-refractivity contribution >= 4 is 76.5 Å². The number of aromatic nitrogens is 2. The molecule has 21 nitrogen and oxygen atoms in total. The number of benzene rings is 1. The lowest BCUT2D eigenvalue weighted by molar-refractivity contribution is -0.112. The Hall–Kier alpha value is -4.55. The molecule has 71 heavy (non-hydrogen) atoms. The maximum atomic E-state index is 13.1. The van der Waals surface area contributed by atoms with Crippen molar-refractivity contribution in [3.8, 4) is 0 Å². The molecule has 1 unspecified atom stereocenters. The second-order valence-corrected chi connectivity index (χ2v) is 18.8. The highest BCUT2D eigenvalue weighted by Crippen LogP contribution is 2.37. The second-order valence-electron chi connectivity index (χ2n) is 16.6. The molecule has 1 atom stereocenters. The predicted molar refractivity (Wildman–Crippen MR) is 275 cm³/mol. The fraction of sp³-hybridized carbons (Fsp3) is 0.660. The van der Waals surface area contributed by atoms with Gasteiger partial charge in [-0.3, -0.25) is 9.69 Å². The lowest BCUT2D eigenvalue weighted by atomic mass is 10.2. The van der Waals surface area contributed by atoms with Crippen LogP contribution in [0.2, 0.25) is 5.02 Å². The average molecular weight is 1060 g/mol.